The number of ether oxygens (including phenoxy) is 5. The minimum atomic E-state index is -0.952. The molecule has 3 fully saturated rings. The van der Waals surface area contributed by atoms with Crippen molar-refractivity contribution in [2.75, 3.05) is 5.32 Å². The van der Waals surface area contributed by atoms with Crippen LogP contribution >= 0.6 is 0 Å². The number of ketones is 1. The number of carbonyl (C=O) groups is 2. The summed E-state index contributed by atoms with van der Waals surface area (Å²) in [5.74, 6) is -2.21. The van der Waals surface area contributed by atoms with Crippen LogP contribution < -0.4 is 5.32 Å². The van der Waals surface area contributed by atoms with Gasteiger partial charge in [-0.05, 0) is 46.8 Å². The lowest BCUT2D eigenvalue weighted by molar-refractivity contribution is -0.229. The van der Waals surface area contributed by atoms with Gasteiger partial charge in [-0.15, -0.1) is 0 Å². The van der Waals surface area contributed by atoms with E-state index in [4.69, 9.17) is 23.7 Å². The van der Waals surface area contributed by atoms with Crippen LogP contribution in [0.1, 0.15) is 45.0 Å². The molecule has 1 amide bonds. The van der Waals surface area contributed by atoms with E-state index in [1.807, 2.05) is 0 Å². The SMILES string of the molecule is CC(=O)c1cccc(NC(=O)[C@H]2O[C@@H]3OC(C)(C)O[C@@H]3[C@H]3OC(C)(C)O[C@H]32)c1. The summed E-state index contributed by atoms with van der Waals surface area (Å²) in [6.07, 6.45) is -3.34. The maximum atomic E-state index is 13.0. The Bertz CT molecular complexity index is 805. The summed E-state index contributed by atoms with van der Waals surface area (Å²) in [6.45, 7) is 8.61. The van der Waals surface area contributed by atoms with Crippen molar-refractivity contribution >= 4 is 17.4 Å². The number of rotatable bonds is 3. The van der Waals surface area contributed by atoms with Crippen molar-refractivity contribution in [3.8, 4) is 0 Å². The second-order valence-corrected chi connectivity index (χ2v) is 8.22. The molecule has 1 N–H and O–H groups in total. The summed E-state index contributed by atoms with van der Waals surface area (Å²) in [6, 6.07) is 6.73. The van der Waals surface area contributed by atoms with Gasteiger partial charge in [-0.1, -0.05) is 12.1 Å². The van der Waals surface area contributed by atoms with Crippen LogP contribution in [-0.4, -0.2) is 54.0 Å². The molecule has 1 aromatic carbocycles. The number of amides is 1. The summed E-state index contributed by atoms with van der Waals surface area (Å²) >= 11 is 0. The van der Waals surface area contributed by atoms with E-state index in [1.54, 1.807) is 52.0 Å². The molecule has 28 heavy (non-hydrogen) atoms. The lowest BCUT2D eigenvalue weighted by Gasteiger charge is -2.36. The van der Waals surface area contributed by atoms with Gasteiger partial charge in [0.05, 0.1) is 0 Å². The molecule has 3 saturated heterocycles. The van der Waals surface area contributed by atoms with Crippen molar-refractivity contribution in [1.29, 1.82) is 0 Å². The van der Waals surface area contributed by atoms with Gasteiger partial charge in [-0.2, -0.15) is 0 Å². The molecule has 8 nitrogen and oxygen atoms in total. The van der Waals surface area contributed by atoms with Crippen LogP contribution in [0.3, 0.4) is 0 Å². The van der Waals surface area contributed by atoms with Crippen LogP contribution in [-0.2, 0) is 28.5 Å². The van der Waals surface area contributed by atoms with Gasteiger partial charge in [-0.25, -0.2) is 0 Å². The predicted octanol–water partition coefficient (Wildman–Crippen LogP) is 2.22. The molecule has 152 valence electrons. The van der Waals surface area contributed by atoms with Gasteiger partial charge in [0.1, 0.15) is 18.3 Å². The number of benzene rings is 1. The Morgan fingerprint density at radius 1 is 0.929 bits per heavy atom. The largest absolute Gasteiger partial charge is 0.342 e. The summed E-state index contributed by atoms with van der Waals surface area (Å²) in [4.78, 5) is 24.6. The van der Waals surface area contributed by atoms with Crippen LogP contribution in [0.15, 0.2) is 24.3 Å². The van der Waals surface area contributed by atoms with E-state index in [0.29, 0.717) is 11.3 Å². The van der Waals surface area contributed by atoms with Gasteiger partial charge in [0.2, 0.25) is 0 Å². The molecule has 3 aliphatic rings. The second-order valence-electron chi connectivity index (χ2n) is 8.22. The second kappa shape index (κ2) is 6.60. The Labute approximate surface area is 163 Å². The van der Waals surface area contributed by atoms with Crippen molar-refractivity contribution in [2.45, 2.75) is 76.9 Å². The maximum absolute atomic E-state index is 13.0. The maximum Gasteiger partial charge on any atom is 0.256 e. The smallest absolute Gasteiger partial charge is 0.256 e. The number of hydrogen-bond acceptors (Lipinski definition) is 7. The van der Waals surface area contributed by atoms with Crippen LogP contribution in [0.2, 0.25) is 0 Å². The molecule has 0 radical (unpaired) electrons. The van der Waals surface area contributed by atoms with Gasteiger partial charge < -0.3 is 29.0 Å². The topological polar surface area (TPSA) is 92.3 Å². The number of anilines is 1. The Balaban J connectivity index is 1.57. The molecule has 0 bridgehead atoms. The normalized spacial score (nSPS) is 35.1. The van der Waals surface area contributed by atoms with E-state index in [-0.39, 0.29) is 5.78 Å². The zero-order valence-electron chi connectivity index (χ0n) is 16.6. The highest BCUT2D eigenvalue weighted by Gasteiger charge is 2.62. The highest BCUT2D eigenvalue weighted by Crippen LogP contribution is 2.44. The molecular formula is C20H25NO7. The number of fused-ring (bicyclic) bond motifs is 3. The quantitative estimate of drug-likeness (QED) is 0.790. The van der Waals surface area contributed by atoms with Crippen molar-refractivity contribution < 1.29 is 33.3 Å². The van der Waals surface area contributed by atoms with Crippen molar-refractivity contribution in [1.82, 2.24) is 0 Å². The highest BCUT2D eigenvalue weighted by molar-refractivity contribution is 5.98. The molecule has 0 saturated carbocycles. The molecule has 0 aliphatic carbocycles. The minimum Gasteiger partial charge on any atom is -0.342 e. The Morgan fingerprint density at radius 2 is 1.57 bits per heavy atom. The van der Waals surface area contributed by atoms with E-state index < -0.39 is 48.2 Å². The van der Waals surface area contributed by atoms with Crippen molar-refractivity contribution in [3.63, 3.8) is 0 Å². The zero-order chi connectivity index (χ0) is 20.3. The third-order valence-electron chi connectivity index (χ3n) is 4.95. The van der Waals surface area contributed by atoms with E-state index in [1.165, 1.54) is 6.92 Å². The van der Waals surface area contributed by atoms with E-state index in [9.17, 15) is 9.59 Å². The predicted molar refractivity (Wildman–Crippen MR) is 97.6 cm³/mol. The molecule has 5 atom stereocenters. The standard InChI is InChI=1S/C20H25NO7/c1-10(22)11-7-6-8-12(9-11)21-17(23)15-13-14(26-19(2,3)25-13)16-18(24-15)28-20(4,5)27-16/h6-9,13-16,18H,1-5H3,(H,21,23)/t13-,14+,15+,16-,18-/m1/s1. The van der Waals surface area contributed by atoms with Crippen molar-refractivity contribution in [2.24, 2.45) is 0 Å². The average Bonchev–Trinajstić information content (AvgIpc) is 3.08. The molecule has 0 spiro atoms. The fourth-order valence-electron chi connectivity index (χ4n) is 3.85. The average molecular weight is 391 g/mol. The van der Waals surface area contributed by atoms with Crippen LogP contribution in [0.4, 0.5) is 5.69 Å². The van der Waals surface area contributed by atoms with Gasteiger partial charge in [-0.3, -0.25) is 9.59 Å². The van der Waals surface area contributed by atoms with Crippen molar-refractivity contribution in [3.05, 3.63) is 29.8 Å². The molecule has 8 heteroatoms. The summed E-state index contributed by atoms with van der Waals surface area (Å²) in [7, 11) is 0. The molecule has 1 aromatic rings. The first-order valence-electron chi connectivity index (χ1n) is 9.33. The lowest BCUT2D eigenvalue weighted by atomic mass is 9.98. The Kier molecular flexibility index (Phi) is 4.59. The molecular weight excluding hydrogens is 366 g/mol. The first kappa shape index (κ1) is 19.5. The zero-order valence-corrected chi connectivity index (χ0v) is 16.6. The monoisotopic (exact) mass is 391 g/mol. The number of Topliss-reactive ketones (excluding diaryl/α,β-unsaturated/α-hetero) is 1. The third-order valence-corrected chi connectivity index (χ3v) is 4.95. The van der Waals surface area contributed by atoms with Gasteiger partial charge in [0.25, 0.3) is 5.91 Å². The van der Waals surface area contributed by atoms with Gasteiger partial charge in [0, 0.05) is 11.3 Å². The molecule has 3 aliphatic heterocycles. The van der Waals surface area contributed by atoms with Crippen LogP contribution in [0, 0.1) is 0 Å². The summed E-state index contributed by atoms with van der Waals surface area (Å²) in [5.41, 5.74) is 1.01. The summed E-state index contributed by atoms with van der Waals surface area (Å²) in [5, 5.41) is 2.80. The van der Waals surface area contributed by atoms with E-state index >= 15 is 0 Å². The van der Waals surface area contributed by atoms with E-state index in [0.717, 1.165) is 0 Å². The highest BCUT2D eigenvalue weighted by atomic mass is 16.9. The Hall–Kier alpha value is -1.84. The Morgan fingerprint density at radius 3 is 2.29 bits per heavy atom. The molecule has 0 aromatic heterocycles. The number of carbonyl (C=O) groups excluding carboxylic acids is 2. The minimum absolute atomic E-state index is 0.0825. The number of nitrogens with one attached hydrogen (secondary N) is 1. The summed E-state index contributed by atoms with van der Waals surface area (Å²) < 4.78 is 29.6. The van der Waals surface area contributed by atoms with Gasteiger partial charge in [0.15, 0.2) is 29.8 Å². The van der Waals surface area contributed by atoms with E-state index in [2.05, 4.69) is 5.32 Å². The third kappa shape index (κ3) is 3.58. The fraction of sp³-hybridized carbons (Fsp3) is 0.600. The van der Waals surface area contributed by atoms with Crippen LogP contribution in [0.25, 0.3) is 0 Å². The lowest BCUT2D eigenvalue weighted by Crippen LogP contribution is -2.58. The van der Waals surface area contributed by atoms with Gasteiger partial charge >= 0.3 is 0 Å². The first-order valence-corrected chi connectivity index (χ1v) is 9.33. The molecule has 0 unspecified atom stereocenters. The first-order chi connectivity index (χ1) is 13.0. The fourth-order valence-corrected chi connectivity index (χ4v) is 3.85. The molecule has 3 heterocycles. The molecule has 4 rings (SSSR count). The van der Waals surface area contributed by atoms with Crippen LogP contribution in [0.5, 0.6) is 0 Å². The number of hydrogen-bond donors (Lipinski definition) is 1.